The van der Waals surface area contributed by atoms with Crippen molar-refractivity contribution < 1.29 is 46.7 Å². The van der Waals surface area contributed by atoms with Crippen molar-refractivity contribution in [2.45, 2.75) is 79.3 Å². The number of carbonyl (C=O) groups is 5. The van der Waals surface area contributed by atoms with Crippen LogP contribution in [0.1, 0.15) is 82.0 Å². The van der Waals surface area contributed by atoms with Gasteiger partial charge in [-0.15, -0.1) is 0 Å². The molecule has 2 saturated heterocycles. The van der Waals surface area contributed by atoms with Crippen LogP contribution in [0.25, 0.3) is 0 Å². The molecule has 2 N–H and O–H groups in total. The summed E-state index contributed by atoms with van der Waals surface area (Å²) in [7, 11) is 0. The van der Waals surface area contributed by atoms with Gasteiger partial charge < -0.3 is 19.7 Å². The molecule has 0 bridgehead atoms. The first-order valence-corrected chi connectivity index (χ1v) is 15.3. The molecule has 0 spiro atoms. The van der Waals surface area contributed by atoms with Gasteiger partial charge in [-0.2, -0.15) is 13.3 Å². The van der Waals surface area contributed by atoms with Gasteiger partial charge in [0.25, 0.3) is 11.8 Å². The lowest BCUT2D eigenvalue weighted by atomic mass is 9.99. The molecule has 1 aromatic rings. The molecule has 2 heterocycles. The van der Waals surface area contributed by atoms with Gasteiger partial charge in [0.15, 0.2) is 5.76 Å². The SMILES string of the molecule is CC(=O)OC(=C(NC(=O)[N+]1(C(=O)[C@@H](NC(=O)c2ccc(C(=O)N3CCOCC3)cc2)C(C)C)CCC[C@H]1C)C(C)C)C(C)(F)F. The van der Waals surface area contributed by atoms with Crippen LogP contribution < -0.4 is 10.6 Å². The van der Waals surface area contributed by atoms with Gasteiger partial charge >= 0.3 is 23.8 Å². The molecule has 1 unspecified atom stereocenters. The molecule has 0 radical (unpaired) electrons. The molecule has 0 aromatic heterocycles. The minimum Gasteiger partial charge on any atom is -0.423 e. The first kappa shape index (κ1) is 35.8. The summed E-state index contributed by atoms with van der Waals surface area (Å²) < 4.78 is 38.6. The van der Waals surface area contributed by atoms with Crippen molar-refractivity contribution in [3.8, 4) is 0 Å². The van der Waals surface area contributed by atoms with Gasteiger partial charge in [-0.25, -0.2) is 9.59 Å². The number of imide groups is 1. The number of quaternary nitrogens is 1. The van der Waals surface area contributed by atoms with Crippen LogP contribution in [0.15, 0.2) is 35.7 Å². The van der Waals surface area contributed by atoms with Crippen molar-refractivity contribution in [1.82, 2.24) is 15.5 Å². The van der Waals surface area contributed by atoms with Crippen LogP contribution in [0.3, 0.4) is 0 Å². The van der Waals surface area contributed by atoms with Crippen LogP contribution in [0.2, 0.25) is 0 Å². The van der Waals surface area contributed by atoms with Crippen molar-refractivity contribution in [3.05, 3.63) is 46.8 Å². The Kier molecular flexibility index (Phi) is 11.6. The van der Waals surface area contributed by atoms with E-state index in [4.69, 9.17) is 9.47 Å². The van der Waals surface area contributed by atoms with Crippen LogP contribution in [0, 0.1) is 11.8 Å². The number of likely N-dealkylation sites (tertiary alicyclic amines) is 1. The van der Waals surface area contributed by atoms with Crippen molar-refractivity contribution >= 4 is 29.7 Å². The summed E-state index contributed by atoms with van der Waals surface area (Å²) in [5.74, 6) is -8.01. The van der Waals surface area contributed by atoms with E-state index in [0.717, 1.165) is 6.92 Å². The molecule has 0 saturated carbocycles. The van der Waals surface area contributed by atoms with E-state index in [0.29, 0.717) is 51.6 Å². The number of urea groups is 1. The largest absolute Gasteiger partial charge is 0.428 e. The van der Waals surface area contributed by atoms with Crippen LogP contribution in [0.5, 0.6) is 0 Å². The van der Waals surface area contributed by atoms with Gasteiger partial charge in [0.1, 0.15) is 12.1 Å². The van der Waals surface area contributed by atoms with Crippen LogP contribution in [-0.2, 0) is 19.1 Å². The third-order valence-corrected chi connectivity index (χ3v) is 8.26. The molecule has 45 heavy (non-hydrogen) atoms. The molecular weight excluding hydrogens is 590 g/mol. The van der Waals surface area contributed by atoms with E-state index >= 15 is 0 Å². The highest BCUT2D eigenvalue weighted by Crippen LogP contribution is 2.33. The first-order valence-electron chi connectivity index (χ1n) is 15.3. The third kappa shape index (κ3) is 8.12. The van der Waals surface area contributed by atoms with Gasteiger partial charge in [-0.1, -0.05) is 27.7 Å². The topological polar surface area (TPSA) is 131 Å². The van der Waals surface area contributed by atoms with Crippen LogP contribution in [0.4, 0.5) is 13.6 Å². The monoisotopic (exact) mass is 635 g/mol. The fourth-order valence-electron chi connectivity index (χ4n) is 5.71. The van der Waals surface area contributed by atoms with Crippen molar-refractivity contribution in [1.29, 1.82) is 0 Å². The number of alkyl halides is 2. The number of nitrogens with one attached hydrogen (secondary N) is 2. The van der Waals surface area contributed by atoms with E-state index in [1.165, 1.54) is 12.1 Å². The number of allylic oxidation sites excluding steroid dienone is 2. The van der Waals surface area contributed by atoms with Gasteiger partial charge in [-0.05, 0) is 43.0 Å². The molecule has 1 aromatic carbocycles. The molecule has 3 rings (SSSR count). The standard InChI is InChI=1S/C32H44F2N4O7/c1-19(2)25(27(32(7,33)34)45-22(6)39)36-31(43)38(16-8-9-21(38)5)30(42)26(20(3)4)35-28(40)23-10-12-24(13-11-23)29(41)37-14-17-44-18-15-37/h10-13,19-21,26H,8-9,14-18H2,1-7H3,(H-,35,36,40,43)/p+1/t21-,26+,38?/m1/s1. The average molecular weight is 636 g/mol. The van der Waals surface area contributed by atoms with E-state index < -0.39 is 63.9 Å². The van der Waals surface area contributed by atoms with E-state index in [9.17, 15) is 32.8 Å². The molecule has 11 nitrogen and oxygen atoms in total. The molecular formula is C32H45F2N4O7+. The first-order chi connectivity index (χ1) is 21.0. The van der Waals surface area contributed by atoms with Gasteiger partial charge in [0.2, 0.25) is 0 Å². The van der Waals surface area contributed by atoms with E-state index in [1.54, 1.807) is 51.7 Å². The summed E-state index contributed by atoms with van der Waals surface area (Å²) in [6.07, 6.45) is 1.03. The smallest absolute Gasteiger partial charge is 0.423 e. The van der Waals surface area contributed by atoms with Crippen LogP contribution in [-0.4, -0.2) is 90.0 Å². The second-order valence-corrected chi connectivity index (χ2v) is 12.4. The number of amides is 5. The van der Waals surface area contributed by atoms with Gasteiger partial charge in [0.05, 0.1) is 25.5 Å². The lowest BCUT2D eigenvalue weighted by Crippen LogP contribution is -2.68. The van der Waals surface area contributed by atoms with Crippen molar-refractivity contribution in [3.63, 3.8) is 0 Å². The second kappa shape index (κ2) is 14.6. The summed E-state index contributed by atoms with van der Waals surface area (Å²) in [5.41, 5.74) is 0.333. The summed E-state index contributed by atoms with van der Waals surface area (Å²) in [6.45, 7) is 11.8. The lowest BCUT2D eigenvalue weighted by Gasteiger charge is -2.37. The zero-order valence-electron chi connectivity index (χ0n) is 27.1. The highest BCUT2D eigenvalue weighted by Gasteiger charge is 2.56. The third-order valence-electron chi connectivity index (χ3n) is 8.26. The zero-order valence-corrected chi connectivity index (χ0v) is 27.1. The molecule has 2 aliphatic rings. The minimum atomic E-state index is -3.60. The molecule has 5 amide bonds. The highest BCUT2D eigenvalue weighted by molar-refractivity contribution is 6.00. The number of rotatable bonds is 9. The summed E-state index contributed by atoms with van der Waals surface area (Å²) in [4.78, 5) is 67.9. The number of hydrogen-bond acceptors (Lipinski definition) is 7. The maximum Gasteiger partial charge on any atom is 0.428 e. The predicted molar refractivity (Wildman–Crippen MR) is 161 cm³/mol. The molecule has 0 aliphatic carbocycles. The molecule has 248 valence electrons. The number of ether oxygens (including phenoxy) is 2. The Morgan fingerprint density at radius 1 is 1.02 bits per heavy atom. The Morgan fingerprint density at radius 2 is 1.60 bits per heavy atom. The molecule has 2 aliphatic heterocycles. The summed E-state index contributed by atoms with van der Waals surface area (Å²) >= 11 is 0. The fraction of sp³-hybridized carbons (Fsp3) is 0.594. The van der Waals surface area contributed by atoms with Gasteiger partial charge in [-0.3, -0.25) is 19.7 Å². The summed E-state index contributed by atoms with van der Waals surface area (Å²) in [5, 5.41) is 5.30. The second-order valence-electron chi connectivity index (χ2n) is 12.4. The number of nitrogens with zero attached hydrogens (tertiary/aromatic N) is 2. The Morgan fingerprint density at radius 3 is 2.07 bits per heavy atom. The zero-order chi connectivity index (χ0) is 33.7. The van der Waals surface area contributed by atoms with E-state index in [1.807, 2.05) is 0 Å². The quantitative estimate of drug-likeness (QED) is 0.236. The summed E-state index contributed by atoms with van der Waals surface area (Å²) in [6, 6.07) is 3.64. The Labute approximate surface area is 262 Å². The minimum absolute atomic E-state index is 0.0973. The maximum atomic E-state index is 14.6. The number of hydrogen-bond donors (Lipinski definition) is 2. The predicted octanol–water partition coefficient (Wildman–Crippen LogP) is 4.23. The van der Waals surface area contributed by atoms with E-state index in [-0.39, 0.29) is 23.7 Å². The van der Waals surface area contributed by atoms with Crippen molar-refractivity contribution in [2.75, 3.05) is 32.8 Å². The Balaban J connectivity index is 1.90. The van der Waals surface area contributed by atoms with Crippen LogP contribution >= 0.6 is 0 Å². The average Bonchev–Trinajstić information content (AvgIpc) is 3.38. The van der Waals surface area contributed by atoms with E-state index in [2.05, 4.69) is 10.6 Å². The highest BCUT2D eigenvalue weighted by atomic mass is 19.3. The Bertz CT molecular complexity index is 1320. The molecule has 2 fully saturated rings. The number of benzene rings is 1. The lowest BCUT2D eigenvalue weighted by molar-refractivity contribution is -0.785. The number of esters is 1. The Hall–Kier alpha value is -3.71. The normalized spacial score (nSPS) is 21.7. The fourth-order valence-corrected chi connectivity index (χ4v) is 5.71. The molecule has 13 heteroatoms. The van der Waals surface area contributed by atoms with Crippen molar-refractivity contribution in [2.24, 2.45) is 11.8 Å². The molecule has 3 atom stereocenters. The number of morpholine rings is 1. The maximum absolute atomic E-state index is 14.6. The number of halogens is 2. The number of carbonyl (C=O) groups excluding carboxylic acids is 5. The van der Waals surface area contributed by atoms with Gasteiger partial charge in [0, 0.05) is 50.9 Å².